The van der Waals surface area contributed by atoms with Gasteiger partial charge in [-0.2, -0.15) is 0 Å². The average molecular weight is 267 g/mol. The van der Waals surface area contributed by atoms with E-state index in [2.05, 4.69) is 5.32 Å². The number of carboxylic acid groups (broad SMARTS) is 1. The highest BCUT2D eigenvalue weighted by atomic mass is 16.4. The van der Waals surface area contributed by atoms with Crippen LogP contribution in [-0.4, -0.2) is 22.5 Å². The van der Waals surface area contributed by atoms with Crippen LogP contribution in [0.4, 0.5) is 0 Å². The number of amides is 1. The molecule has 0 spiro atoms. The van der Waals surface area contributed by atoms with Crippen molar-refractivity contribution in [1.29, 1.82) is 0 Å². The van der Waals surface area contributed by atoms with Crippen molar-refractivity contribution in [3.63, 3.8) is 0 Å². The number of carbonyl (C=O) groups excluding carboxylic acids is 1. The fourth-order valence-electron chi connectivity index (χ4n) is 3.68. The zero-order valence-electron chi connectivity index (χ0n) is 11.6. The first-order valence-electron chi connectivity index (χ1n) is 7.62. The summed E-state index contributed by atoms with van der Waals surface area (Å²) in [5.41, 5.74) is -0.460. The summed E-state index contributed by atoms with van der Waals surface area (Å²) in [6.45, 7) is 0. The van der Waals surface area contributed by atoms with E-state index in [1.54, 1.807) is 0 Å². The molecule has 2 aliphatic carbocycles. The van der Waals surface area contributed by atoms with Gasteiger partial charge in [-0.05, 0) is 25.2 Å². The van der Waals surface area contributed by atoms with Gasteiger partial charge in [0.25, 0.3) is 0 Å². The van der Waals surface area contributed by atoms with Gasteiger partial charge < -0.3 is 10.4 Å². The maximum atomic E-state index is 12.0. The van der Waals surface area contributed by atoms with Crippen LogP contribution in [-0.2, 0) is 9.59 Å². The van der Waals surface area contributed by atoms with E-state index in [4.69, 9.17) is 5.11 Å². The number of aliphatic carboxylic acids is 1. The maximum Gasteiger partial charge on any atom is 0.305 e. The minimum atomic E-state index is -0.807. The van der Waals surface area contributed by atoms with E-state index in [0.29, 0.717) is 12.3 Å². The van der Waals surface area contributed by atoms with Crippen molar-refractivity contribution in [2.24, 2.45) is 5.92 Å². The first-order chi connectivity index (χ1) is 9.10. The van der Waals surface area contributed by atoms with Gasteiger partial charge in [-0.25, -0.2) is 0 Å². The largest absolute Gasteiger partial charge is 0.481 e. The van der Waals surface area contributed by atoms with Crippen LogP contribution in [0, 0.1) is 5.92 Å². The van der Waals surface area contributed by atoms with Gasteiger partial charge in [0.05, 0.1) is 12.0 Å². The predicted molar refractivity (Wildman–Crippen MR) is 72.8 cm³/mol. The lowest BCUT2D eigenvalue weighted by molar-refractivity contribution is -0.139. The average Bonchev–Trinajstić information content (AvgIpc) is 2.97. The lowest BCUT2D eigenvalue weighted by Gasteiger charge is -2.29. The molecule has 4 heteroatoms. The molecule has 2 aliphatic rings. The van der Waals surface area contributed by atoms with E-state index >= 15 is 0 Å². The Morgan fingerprint density at radius 2 is 1.74 bits per heavy atom. The summed E-state index contributed by atoms with van der Waals surface area (Å²) >= 11 is 0. The molecule has 2 saturated carbocycles. The molecule has 0 atom stereocenters. The Balaban J connectivity index is 1.79. The third-order valence-electron chi connectivity index (χ3n) is 4.71. The van der Waals surface area contributed by atoms with Crippen molar-refractivity contribution in [2.45, 2.75) is 76.2 Å². The van der Waals surface area contributed by atoms with Crippen LogP contribution in [0.2, 0.25) is 0 Å². The number of hydrogen-bond donors (Lipinski definition) is 2. The first-order valence-corrected chi connectivity index (χ1v) is 7.62. The molecule has 2 N–H and O–H groups in total. The Morgan fingerprint density at radius 3 is 2.32 bits per heavy atom. The Hall–Kier alpha value is -1.06. The molecule has 0 unspecified atom stereocenters. The number of nitrogens with one attached hydrogen (secondary N) is 1. The van der Waals surface area contributed by atoms with Crippen LogP contribution >= 0.6 is 0 Å². The van der Waals surface area contributed by atoms with Gasteiger partial charge in [0.1, 0.15) is 0 Å². The monoisotopic (exact) mass is 267 g/mol. The normalized spacial score (nSPS) is 22.5. The highest BCUT2D eigenvalue weighted by molar-refractivity contribution is 5.78. The number of carboxylic acids is 1. The molecule has 1 amide bonds. The zero-order chi connectivity index (χ0) is 13.7. The molecule has 0 bridgehead atoms. The smallest absolute Gasteiger partial charge is 0.305 e. The van der Waals surface area contributed by atoms with Crippen molar-refractivity contribution >= 4 is 11.9 Å². The Kier molecular flexibility index (Phi) is 4.83. The summed E-state index contributed by atoms with van der Waals surface area (Å²) in [5.74, 6) is -0.0437. The highest BCUT2D eigenvalue weighted by Crippen LogP contribution is 2.33. The molecule has 0 aliphatic heterocycles. The van der Waals surface area contributed by atoms with Gasteiger partial charge in [0.2, 0.25) is 5.91 Å². The fourth-order valence-corrected chi connectivity index (χ4v) is 3.68. The lowest BCUT2D eigenvalue weighted by atomic mass is 9.92. The molecule has 2 fully saturated rings. The second-order valence-corrected chi connectivity index (χ2v) is 6.30. The Bertz CT molecular complexity index is 328. The van der Waals surface area contributed by atoms with Crippen LogP contribution in [0.15, 0.2) is 0 Å². The minimum absolute atomic E-state index is 0.0510. The van der Waals surface area contributed by atoms with Crippen molar-refractivity contribution in [2.75, 3.05) is 0 Å². The molecular weight excluding hydrogens is 242 g/mol. The van der Waals surface area contributed by atoms with E-state index in [1.165, 1.54) is 25.7 Å². The SMILES string of the molecule is O=C(O)CC1(NC(=O)CCC2CCCC2)CCCC1. The third-order valence-corrected chi connectivity index (χ3v) is 4.71. The maximum absolute atomic E-state index is 12.0. The van der Waals surface area contributed by atoms with E-state index < -0.39 is 11.5 Å². The summed E-state index contributed by atoms with van der Waals surface area (Å²) in [4.78, 5) is 23.0. The molecular formula is C15H25NO3. The van der Waals surface area contributed by atoms with Gasteiger partial charge in [0, 0.05) is 6.42 Å². The van der Waals surface area contributed by atoms with Gasteiger partial charge >= 0.3 is 5.97 Å². The van der Waals surface area contributed by atoms with E-state index in [0.717, 1.165) is 32.1 Å². The third kappa shape index (κ3) is 4.22. The number of rotatable bonds is 6. The summed E-state index contributed by atoms with van der Waals surface area (Å²) in [5, 5.41) is 12.0. The molecule has 0 aromatic rings. The van der Waals surface area contributed by atoms with Crippen LogP contribution in [0.25, 0.3) is 0 Å². The van der Waals surface area contributed by atoms with Gasteiger partial charge in [-0.1, -0.05) is 38.5 Å². The molecule has 0 heterocycles. The molecule has 0 aromatic heterocycles. The molecule has 4 nitrogen and oxygen atoms in total. The molecule has 108 valence electrons. The lowest BCUT2D eigenvalue weighted by Crippen LogP contribution is -2.47. The van der Waals surface area contributed by atoms with Crippen molar-refractivity contribution in [3.05, 3.63) is 0 Å². The topological polar surface area (TPSA) is 66.4 Å². The predicted octanol–water partition coefficient (Wildman–Crippen LogP) is 2.86. The van der Waals surface area contributed by atoms with Crippen LogP contribution in [0.1, 0.15) is 70.6 Å². The first kappa shape index (κ1) is 14.4. The number of carbonyl (C=O) groups is 2. The molecule has 19 heavy (non-hydrogen) atoms. The molecule has 0 radical (unpaired) electrons. The van der Waals surface area contributed by atoms with Crippen LogP contribution in [0.5, 0.6) is 0 Å². The molecule has 0 aromatic carbocycles. The summed E-state index contributed by atoms with van der Waals surface area (Å²) < 4.78 is 0. The van der Waals surface area contributed by atoms with Gasteiger partial charge in [-0.3, -0.25) is 9.59 Å². The van der Waals surface area contributed by atoms with E-state index in [-0.39, 0.29) is 12.3 Å². The Morgan fingerprint density at radius 1 is 1.11 bits per heavy atom. The summed E-state index contributed by atoms with van der Waals surface area (Å²) in [6, 6.07) is 0. The Labute approximate surface area is 115 Å². The number of hydrogen-bond acceptors (Lipinski definition) is 2. The second-order valence-electron chi connectivity index (χ2n) is 6.30. The zero-order valence-corrected chi connectivity index (χ0v) is 11.6. The minimum Gasteiger partial charge on any atom is -0.481 e. The van der Waals surface area contributed by atoms with Crippen molar-refractivity contribution in [1.82, 2.24) is 5.32 Å². The van der Waals surface area contributed by atoms with E-state index in [1.807, 2.05) is 0 Å². The fraction of sp³-hybridized carbons (Fsp3) is 0.867. The highest BCUT2D eigenvalue weighted by Gasteiger charge is 2.37. The van der Waals surface area contributed by atoms with Crippen LogP contribution < -0.4 is 5.32 Å². The quantitative estimate of drug-likeness (QED) is 0.777. The molecule has 0 saturated heterocycles. The van der Waals surface area contributed by atoms with Crippen LogP contribution in [0.3, 0.4) is 0 Å². The summed E-state index contributed by atoms with van der Waals surface area (Å²) in [7, 11) is 0. The van der Waals surface area contributed by atoms with E-state index in [9.17, 15) is 9.59 Å². The van der Waals surface area contributed by atoms with Crippen molar-refractivity contribution < 1.29 is 14.7 Å². The summed E-state index contributed by atoms with van der Waals surface area (Å²) in [6.07, 6.45) is 10.4. The van der Waals surface area contributed by atoms with Gasteiger partial charge in [0.15, 0.2) is 0 Å². The standard InChI is InChI=1S/C15H25NO3/c17-13(8-7-12-5-1-2-6-12)16-15(11-14(18)19)9-3-4-10-15/h12H,1-11H2,(H,16,17)(H,18,19). The van der Waals surface area contributed by atoms with Crippen molar-refractivity contribution in [3.8, 4) is 0 Å². The second kappa shape index (κ2) is 6.40. The molecule has 2 rings (SSSR count). The van der Waals surface area contributed by atoms with Gasteiger partial charge in [-0.15, -0.1) is 0 Å².